The van der Waals surface area contributed by atoms with Crippen molar-refractivity contribution in [1.29, 1.82) is 0 Å². The summed E-state index contributed by atoms with van der Waals surface area (Å²) >= 11 is 0. The molecule has 3 rings (SSSR count). The molecule has 1 aromatic rings. The van der Waals surface area contributed by atoms with E-state index in [4.69, 9.17) is 0 Å². The highest BCUT2D eigenvalue weighted by atomic mass is 16.3. The van der Waals surface area contributed by atoms with Gasteiger partial charge in [0.05, 0.1) is 5.60 Å². The highest BCUT2D eigenvalue weighted by Gasteiger charge is 2.48. The molecule has 120 valence electrons. The van der Waals surface area contributed by atoms with Gasteiger partial charge in [-0.1, -0.05) is 19.4 Å². The highest BCUT2D eigenvalue weighted by molar-refractivity contribution is 5.76. The lowest BCUT2D eigenvalue weighted by Crippen LogP contribution is -2.44. The molecule has 0 radical (unpaired) electrons. The summed E-state index contributed by atoms with van der Waals surface area (Å²) in [6.45, 7) is 3.63. The predicted molar refractivity (Wildman–Crippen MR) is 85.2 cm³/mol. The molecule has 0 bridgehead atoms. The molecule has 2 fully saturated rings. The second-order valence-electron chi connectivity index (χ2n) is 6.88. The number of aromatic nitrogens is 1. The number of likely N-dealkylation sites (tertiary alicyclic amines) is 1. The lowest BCUT2D eigenvalue weighted by molar-refractivity contribution is -0.130. The average Bonchev–Trinajstić information content (AvgIpc) is 3.00. The fourth-order valence-corrected chi connectivity index (χ4v) is 4.23. The minimum atomic E-state index is -0.554. The van der Waals surface area contributed by atoms with Crippen LogP contribution in [-0.4, -0.2) is 39.6 Å². The number of hydrogen-bond donors (Lipinski definition) is 1. The lowest BCUT2D eigenvalue weighted by atomic mass is 9.69. The zero-order valence-electron chi connectivity index (χ0n) is 13.4. The predicted octanol–water partition coefficient (Wildman–Crippen LogP) is 2.41. The zero-order chi connectivity index (χ0) is 15.6. The molecule has 0 unspecified atom stereocenters. The summed E-state index contributed by atoms with van der Waals surface area (Å²) in [6.07, 6.45) is 8.79. The summed E-state index contributed by atoms with van der Waals surface area (Å²) in [5.74, 6) is 0.978. The van der Waals surface area contributed by atoms with Crippen LogP contribution in [0.25, 0.3) is 0 Å². The molecule has 1 saturated heterocycles. The minimum absolute atomic E-state index is 0.219. The van der Waals surface area contributed by atoms with Crippen molar-refractivity contribution in [1.82, 2.24) is 9.88 Å². The standard InChI is InChI=1S/C18H26N2O2/c1-2-18(22)9-3-6-15-12-20(13-16(15)18)17(21)8-7-14-5-4-10-19-11-14/h4-5,10-11,15-16,22H,2-3,6-9,12-13H2,1H3/t15-,16+,18-/m0/s1. The van der Waals surface area contributed by atoms with Crippen molar-refractivity contribution >= 4 is 5.91 Å². The molecule has 4 heteroatoms. The van der Waals surface area contributed by atoms with Crippen molar-refractivity contribution in [2.45, 2.75) is 51.0 Å². The molecule has 4 nitrogen and oxygen atoms in total. The minimum Gasteiger partial charge on any atom is -0.390 e. The Hall–Kier alpha value is -1.42. The van der Waals surface area contributed by atoms with Crippen molar-refractivity contribution < 1.29 is 9.90 Å². The molecule has 1 aromatic heterocycles. The zero-order valence-corrected chi connectivity index (χ0v) is 13.4. The van der Waals surface area contributed by atoms with Crippen LogP contribution in [0.2, 0.25) is 0 Å². The fourth-order valence-electron chi connectivity index (χ4n) is 4.23. The van der Waals surface area contributed by atoms with Gasteiger partial charge >= 0.3 is 0 Å². The number of pyridine rings is 1. The summed E-state index contributed by atoms with van der Waals surface area (Å²) in [6, 6.07) is 3.92. The van der Waals surface area contributed by atoms with Gasteiger partial charge in [0.2, 0.25) is 5.91 Å². The Morgan fingerprint density at radius 3 is 3.09 bits per heavy atom. The number of carbonyl (C=O) groups is 1. The molecule has 1 aliphatic carbocycles. The SMILES string of the molecule is CC[C@]1(O)CCC[C@H]2CN(C(=O)CCc3cccnc3)C[C@H]21. The molecule has 2 aliphatic rings. The second kappa shape index (κ2) is 6.37. The molecular weight excluding hydrogens is 276 g/mol. The van der Waals surface area contributed by atoms with Gasteiger partial charge in [0.1, 0.15) is 0 Å². The number of nitrogens with zero attached hydrogens (tertiary/aromatic N) is 2. The van der Waals surface area contributed by atoms with Crippen molar-refractivity contribution in [2.75, 3.05) is 13.1 Å². The third-order valence-corrected chi connectivity index (χ3v) is 5.63. The third-order valence-electron chi connectivity index (χ3n) is 5.63. The van der Waals surface area contributed by atoms with Crippen LogP contribution < -0.4 is 0 Å². The van der Waals surface area contributed by atoms with Gasteiger partial charge in [-0.25, -0.2) is 0 Å². The molecule has 1 amide bonds. The van der Waals surface area contributed by atoms with Gasteiger partial charge in [-0.3, -0.25) is 9.78 Å². The van der Waals surface area contributed by atoms with E-state index in [0.29, 0.717) is 12.3 Å². The Morgan fingerprint density at radius 1 is 1.50 bits per heavy atom. The largest absolute Gasteiger partial charge is 0.390 e. The first-order valence-electron chi connectivity index (χ1n) is 8.51. The first-order chi connectivity index (χ1) is 10.6. The van der Waals surface area contributed by atoms with Crippen molar-refractivity contribution in [3.8, 4) is 0 Å². The second-order valence-corrected chi connectivity index (χ2v) is 6.88. The quantitative estimate of drug-likeness (QED) is 0.929. The summed E-state index contributed by atoms with van der Waals surface area (Å²) in [7, 11) is 0. The van der Waals surface area contributed by atoms with Crippen molar-refractivity contribution in [3.05, 3.63) is 30.1 Å². The van der Waals surface area contributed by atoms with Gasteiger partial charge in [0.15, 0.2) is 0 Å². The molecule has 22 heavy (non-hydrogen) atoms. The van der Waals surface area contributed by atoms with E-state index in [-0.39, 0.29) is 11.8 Å². The summed E-state index contributed by atoms with van der Waals surface area (Å²) in [5.41, 5.74) is 0.555. The smallest absolute Gasteiger partial charge is 0.222 e. The normalized spacial score (nSPS) is 31.1. The van der Waals surface area contributed by atoms with E-state index in [9.17, 15) is 9.90 Å². The number of carbonyl (C=O) groups excluding carboxylic acids is 1. The third kappa shape index (κ3) is 3.02. The van der Waals surface area contributed by atoms with Crippen molar-refractivity contribution in [3.63, 3.8) is 0 Å². The van der Waals surface area contributed by atoms with E-state index in [2.05, 4.69) is 11.9 Å². The van der Waals surface area contributed by atoms with Crippen LogP contribution in [0.4, 0.5) is 0 Å². The molecule has 3 atom stereocenters. The Kier molecular flexibility index (Phi) is 4.48. The van der Waals surface area contributed by atoms with Gasteiger partial charge in [-0.2, -0.15) is 0 Å². The lowest BCUT2D eigenvalue weighted by Gasteiger charge is -2.40. The Morgan fingerprint density at radius 2 is 2.36 bits per heavy atom. The first kappa shape index (κ1) is 15.5. The Labute approximate surface area is 132 Å². The van der Waals surface area contributed by atoms with E-state index in [1.165, 1.54) is 0 Å². The monoisotopic (exact) mass is 302 g/mol. The molecule has 0 spiro atoms. The number of aliphatic hydroxyl groups is 1. The van der Waals surface area contributed by atoms with Crippen LogP contribution in [0.3, 0.4) is 0 Å². The van der Waals surface area contributed by atoms with Crippen molar-refractivity contribution in [2.24, 2.45) is 11.8 Å². The summed E-state index contributed by atoms with van der Waals surface area (Å²) in [4.78, 5) is 18.6. The van der Waals surface area contributed by atoms with Gasteiger partial charge in [0.25, 0.3) is 0 Å². The maximum atomic E-state index is 12.5. The van der Waals surface area contributed by atoms with Crippen LogP contribution in [0.1, 0.15) is 44.6 Å². The molecule has 1 N–H and O–H groups in total. The topological polar surface area (TPSA) is 53.4 Å². The van der Waals surface area contributed by atoms with Crippen LogP contribution in [0.5, 0.6) is 0 Å². The number of rotatable bonds is 4. The highest BCUT2D eigenvalue weighted by Crippen LogP contribution is 2.44. The number of fused-ring (bicyclic) bond motifs is 1. The van der Waals surface area contributed by atoms with E-state index < -0.39 is 5.60 Å². The van der Waals surface area contributed by atoms with E-state index in [1.807, 2.05) is 23.2 Å². The molecule has 2 heterocycles. The summed E-state index contributed by atoms with van der Waals surface area (Å²) in [5, 5.41) is 10.8. The van der Waals surface area contributed by atoms with Crippen LogP contribution in [-0.2, 0) is 11.2 Å². The van der Waals surface area contributed by atoms with Crippen LogP contribution in [0, 0.1) is 11.8 Å². The summed E-state index contributed by atoms with van der Waals surface area (Å²) < 4.78 is 0. The van der Waals surface area contributed by atoms with Crippen LogP contribution >= 0.6 is 0 Å². The fraction of sp³-hybridized carbons (Fsp3) is 0.667. The number of aryl methyl sites for hydroxylation is 1. The molecule has 1 aliphatic heterocycles. The first-order valence-corrected chi connectivity index (χ1v) is 8.51. The molecule has 1 saturated carbocycles. The maximum Gasteiger partial charge on any atom is 0.222 e. The van der Waals surface area contributed by atoms with Gasteiger partial charge < -0.3 is 10.0 Å². The molecular formula is C18H26N2O2. The van der Waals surface area contributed by atoms with Gasteiger partial charge in [0, 0.05) is 37.8 Å². The number of amides is 1. The average molecular weight is 302 g/mol. The Balaban J connectivity index is 1.58. The maximum absolute atomic E-state index is 12.5. The van der Waals surface area contributed by atoms with E-state index >= 15 is 0 Å². The van der Waals surface area contributed by atoms with Gasteiger partial charge in [-0.05, 0) is 43.2 Å². The molecule has 0 aromatic carbocycles. The van der Waals surface area contributed by atoms with E-state index in [1.54, 1.807) is 6.20 Å². The number of hydrogen-bond acceptors (Lipinski definition) is 3. The van der Waals surface area contributed by atoms with Crippen LogP contribution in [0.15, 0.2) is 24.5 Å². The Bertz CT molecular complexity index is 519. The van der Waals surface area contributed by atoms with Gasteiger partial charge in [-0.15, -0.1) is 0 Å². The van der Waals surface area contributed by atoms with E-state index in [0.717, 1.165) is 50.8 Å².